The van der Waals surface area contributed by atoms with E-state index in [0.717, 1.165) is 5.56 Å². The third-order valence-electron chi connectivity index (χ3n) is 3.09. The van der Waals surface area contributed by atoms with Crippen LogP contribution < -0.4 is 5.32 Å². The average molecular weight is 251 g/mol. The van der Waals surface area contributed by atoms with Crippen LogP contribution in [0.15, 0.2) is 30.3 Å². The van der Waals surface area contributed by atoms with Gasteiger partial charge in [-0.1, -0.05) is 44.2 Å². The fourth-order valence-electron chi connectivity index (χ4n) is 1.51. The van der Waals surface area contributed by atoms with Crippen LogP contribution >= 0.6 is 0 Å². The van der Waals surface area contributed by atoms with E-state index < -0.39 is 11.7 Å². The standard InChI is InChI=1S/C14H21NO3/c1-3-14(17,4-2)11-15-13(16)18-10-12-8-6-5-7-9-12/h5-9,17H,3-4,10-11H2,1-2H3,(H,15,16). The summed E-state index contributed by atoms with van der Waals surface area (Å²) in [5.41, 5.74) is 0.0973. The van der Waals surface area contributed by atoms with Gasteiger partial charge in [0.1, 0.15) is 6.61 Å². The molecule has 0 radical (unpaired) electrons. The molecule has 1 aromatic carbocycles. The Morgan fingerprint density at radius 1 is 1.28 bits per heavy atom. The summed E-state index contributed by atoms with van der Waals surface area (Å²) in [6, 6.07) is 9.47. The number of carbonyl (C=O) groups is 1. The summed E-state index contributed by atoms with van der Waals surface area (Å²) < 4.78 is 5.05. The molecule has 2 N–H and O–H groups in total. The predicted octanol–water partition coefficient (Wildman–Crippen LogP) is 2.46. The van der Waals surface area contributed by atoms with Crippen LogP contribution in [0.1, 0.15) is 32.3 Å². The van der Waals surface area contributed by atoms with E-state index in [1.165, 1.54) is 0 Å². The SMILES string of the molecule is CCC(O)(CC)CNC(=O)OCc1ccccc1. The molecule has 0 aliphatic rings. The Morgan fingerprint density at radius 2 is 1.89 bits per heavy atom. The zero-order valence-corrected chi connectivity index (χ0v) is 11.0. The van der Waals surface area contributed by atoms with E-state index >= 15 is 0 Å². The van der Waals surface area contributed by atoms with E-state index in [-0.39, 0.29) is 13.2 Å². The van der Waals surface area contributed by atoms with Gasteiger partial charge in [0.25, 0.3) is 0 Å². The zero-order chi connectivity index (χ0) is 13.4. The highest BCUT2D eigenvalue weighted by atomic mass is 16.5. The van der Waals surface area contributed by atoms with Crippen molar-refractivity contribution in [2.75, 3.05) is 6.54 Å². The van der Waals surface area contributed by atoms with Crippen LogP contribution in [-0.2, 0) is 11.3 Å². The van der Waals surface area contributed by atoms with E-state index in [2.05, 4.69) is 5.32 Å². The largest absolute Gasteiger partial charge is 0.445 e. The van der Waals surface area contributed by atoms with Crippen LogP contribution in [0.2, 0.25) is 0 Å². The number of aliphatic hydroxyl groups is 1. The van der Waals surface area contributed by atoms with Crippen molar-refractivity contribution in [3.63, 3.8) is 0 Å². The van der Waals surface area contributed by atoms with Gasteiger partial charge in [-0.25, -0.2) is 4.79 Å². The maximum atomic E-state index is 11.5. The van der Waals surface area contributed by atoms with Crippen molar-refractivity contribution in [1.82, 2.24) is 5.32 Å². The third-order valence-corrected chi connectivity index (χ3v) is 3.09. The van der Waals surface area contributed by atoms with Crippen LogP contribution in [0.3, 0.4) is 0 Å². The van der Waals surface area contributed by atoms with Gasteiger partial charge in [0, 0.05) is 6.54 Å². The lowest BCUT2D eigenvalue weighted by molar-refractivity contribution is 0.0305. The summed E-state index contributed by atoms with van der Waals surface area (Å²) in [5, 5.41) is 12.6. The number of benzene rings is 1. The van der Waals surface area contributed by atoms with E-state index in [4.69, 9.17) is 4.74 Å². The van der Waals surface area contributed by atoms with Gasteiger partial charge in [-0.05, 0) is 18.4 Å². The molecule has 0 fully saturated rings. The minimum Gasteiger partial charge on any atom is -0.445 e. The second-order valence-corrected chi connectivity index (χ2v) is 4.35. The van der Waals surface area contributed by atoms with Crippen LogP contribution in [0.5, 0.6) is 0 Å². The summed E-state index contributed by atoms with van der Waals surface area (Å²) in [7, 11) is 0. The van der Waals surface area contributed by atoms with E-state index in [9.17, 15) is 9.90 Å². The molecule has 4 heteroatoms. The molecule has 0 atom stereocenters. The van der Waals surface area contributed by atoms with Crippen LogP contribution in [0.25, 0.3) is 0 Å². The summed E-state index contributed by atoms with van der Waals surface area (Å²) >= 11 is 0. The Morgan fingerprint density at radius 3 is 2.44 bits per heavy atom. The van der Waals surface area contributed by atoms with Gasteiger partial charge in [-0.15, -0.1) is 0 Å². The molecule has 0 unspecified atom stereocenters. The minimum absolute atomic E-state index is 0.216. The minimum atomic E-state index is -0.842. The number of amides is 1. The topological polar surface area (TPSA) is 58.6 Å². The summed E-state index contributed by atoms with van der Waals surface area (Å²) in [6.45, 7) is 4.23. The molecule has 1 amide bonds. The lowest BCUT2D eigenvalue weighted by Crippen LogP contribution is -2.42. The lowest BCUT2D eigenvalue weighted by atomic mass is 9.98. The molecule has 0 spiro atoms. The highest BCUT2D eigenvalue weighted by molar-refractivity contribution is 5.67. The number of hydrogen-bond acceptors (Lipinski definition) is 3. The van der Waals surface area contributed by atoms with E-state index in [1.54, 1.807) is 0 Å². The van der Waals surface area contributed by atoms with Gasteiger partial charge in [-0.3, -0.25) is 0 Å². The van der Waals surface area contributed by atoms with Crippen molar-refractivity contribution in [3.8, 4) is 0 Å². The van der Waals surface area contributed by atoms with Crippen molar-refractivity contribution >= 4 is 6.09 Å². The molecule has 4 nitrogen and oxygen atoms in total. The fraction of sp³-hybridized carbons (Fsp3) is 0.500. The second kappa shape index (κ2) is 7.01. The number of rotatable bonds is 6. The van der Waals surface area contributed by atoms with Crippen molar-refractivity contribution in [3.05, 3.63) is 35.9 Å². The Labute approximate surface area is 108 Å². The molecule has 0 bridgehead atoms. The van der Waals surface area contributed by atoms with Crippen molar-refractivity contribution in [1.29, 1.82) is 0 Å². The first kappa shape index (κ1) is 14.5. The molecule has 0 saturated carbocycles. The van der Waals surface area contributed by atoms with Gasteiger partial charge >= 0.3 is 6.09 Å². The predicted molar refractivity (Wildman–Crippen MR) is 70.2 cm³/mol. The number of hydrogen-bond donors (Lipinski definition) is 2. The van der Waals surface area contributed by atoms with Crippen molar-refractivity contribution in [2.45, 2.75) is 38.9 Å². The molecular formula is C14H21NO3. The Hall–Kier alpha value is -1.55. The Balaban J connectivity index is 2.30. The van der Waals surface area contributed by atoms with Gasteiger partial charge in [0.05, 0.1) is 5.60 Å². The maximum Gasteiger partial charge on any atom is 0.407 e. The second-order valence-electron chi connectivity index (χ2n) is 4.35. The maximum absolute atomic E-state index is 11.5. The molecule has 0 saturated heterocycles. The van der Waals surface area contributed by atoms with Gasteiger partial charge in [0.2, 0.25) is 0 Å². The van der Waals surface area contributed by atoms with Crippen LogP contribution in [-0.4, -0.2) is 23.3 Å². The van der Waals surface area contributed by atoms with Crippen molar-refractivity contribution in [2.24, 2.45) is 0 Å². The number of alkyl carbamates (subject to hydrolysis) is 1. The number of carbonyl (C=O) groups excluding carboxylic acids is 1. The Kier molecular flexibility index (Phi) is 5.65. The molecule has 1 aromatic rings. The molecule has 100 valence electrons. The smallest absolute Gasteiger partial charge is 0.407 e. The van der Waals surface area contributed by atoms with Crippen molar-refractivity contribution < 1.29 is 14.6 Å². The molecule has 0 aliphatic carbocycles. The van der Waals surface area contributed by atoms with E-state index in [0.29, 0.717) is 12.8 Å². The first-order valence-electron chi connectivity index (χ1n) is 6.26. The third kappa shape index (κ3) is 4.75. The normalized spacial score (nSPS) is 11.1. The first-order valence-corrected chi connectivity index (χ1v) is 6.26. The molecule has 1 rings (SSSR count). The molecule has 0 aromatic heterocycles. The highest BCUT2D eigenvalue weighted by Gasteiger charge is 2.22. The van der Waals surface area contributed by atoms with E-state index in [1.807, 2.05) is 44.2 Å². The monoisotopic (exact) mass is 251 g/mol. The number of ether oxygens (including phenoxy) is 1. The highest BCUT2D eigenvalue weighted by Crippen LogP contribution is 2.12. The molecule has 0 heterocycles. The fourth-order valence-corrected chi connectivity index (χ4v) is 1.51. The zero-order valence-electron chi connectivity index (χ0n) is 11.0. The molecule has 18 heavy (non-hydrogen) atoms. The van der Waals surface area contributed by atoms with Gasteiger partial charge in [-0.2, -0.15) is 0 Å². The first-order chi connectivity index (χ1) is 8.59. The van der Waals surface area contributed by atoms with Gasteiger partial charge in [0.15, 0.2) is 0 Å². The molecular weight excluding hydrogens is 230 g/mol. The van der Waals surface area contributed by atoms with Crippen LogP contribution in [0, 0.1) is 0 Å². The number of nitrogens with one attached hydrogen (secondary N) is 1. The average Bonchev–Trinajstić information content (AvgIpc) is 2.43. The Bertz CT molecular complexity index is 361. The summed E-state index contributed by atoms with van der Waals surface area (Å²) in [5.74, 6) is 0. The quantitative estimate of drug-likeness (QED) is 0.816. The summed E-state index contributed by atoms with van der Waals surface area (Å²) in [4.78, 5) is 11.5. The van der Waals surface area contributed by atoms with Crippen LogP contribution in [0.4, 0.5) is 4.79 Å². The summed E-state index contributed by atoms with van der Waals surface area (Å²) in [6.07, 6.45) is 0.699. The van der Waals surface area contributed by atoms with Gasteiger partial charge < -0.3 is 15.2 Å². The lowest BCUT2D eigenvalue weighted by Gasteiger charge is -2.25. The molecule has 0 aliphatic heterocycles.